The molecular weight excluding hydrogens is 875 g/mol. The summed E-state index contributed by atoms with van der Waals surface area (Å²) in [6, 6.07) is 90.7. The molecule has 0 aliphatic heterocycles. The molecule has 1 atom stereocenters. The van der Waals surface area contributed by atoms with Crippen molar-refractivity contribution in [3.8, 4) is 55.6 Å². The molecule has 0 saturated carbocycles. The molecule has 2 aliphatic rings. The van der Waals surface area contributed by atoms with E-state index >= 15 is 0 Å². The molecule has 11 aromatic carbocycles. The van der Waals surface area contributed by atoms with Gasteiger partial charge in [0.1, 0.15) is 0 Å². The zero-order valence-corrected chi connectivity index (χ0v) is 40.8. The van der Waals surface area contributed by atoms with Gasteiger partial charge in [-0.3, -0.25) is 0 Å². The van der Waals surface area contributed by atoms with Crippen LogP contribution in [0.5, 0.6) is 0 Å². The lowest BCUT2D eigenvalue weighted by atomic mass is 9.74. The van der Waals surface area contributed by atoms with Crippen LogP contribution in [-0.4, -0.2) is 0 Å². The summed E-state index contributed by atoms with van der Waals surface area (Å²) in [5.74, 6) is 0. The highest BCUT2D eigenvalue weighted by atomic mass is 32.1. The van der Waals surface area contributed by atoms with Crippen LogP contribution in [-0.2, 0) is 10.8 Å². The van der Waals surface area contributed by atoms with E-state index in [-0.39, 0.29) is 10.8 Å². The molecule has 0 spiro atoms. The quantitative estimate of drug-likeness (QED) is 0.154. The number of hydrogen-bond acceptors (Lipinski definition) is 2. The Hall–Kier alpha value is -8.30. The molecule has 0 N–H and O–H groups in total. The average molecular weight is 924 g/mol. The fourth-order valence-electron chi connectivity index (χ4n) is 12.6. The molecule has 1 aromatic heterocycles. The van der Waals surface area contributed by atoms with Crippen molar-refractivity contribution in [2.45, 2.75) is 31.6 Å². The summed E-state index contributed by atoms with van der Waals surface area (Å²) in [5, 5.41) is 5.18. The van der Waals surface area contributed by atoms with Crippen LogP contribution in [0.3, 0.4) is 0 Å². The fourth-order valence-corrected chi connectivity index (χ4v) is 13.9. The van der Waals surface area contributed by atoms with Gasteiger partial charge in [0.25, 0.3) is 0 Å². The van der Waals surface area contributed by atoms with Gasteiger partial charge in [-0.05, 0) is 132 Å². The first-order valence-electron chi connectivity index (χ1n) is 24.8. The van der Waals surface area contributed by atoms with E-state index in [2.05, 4.69) is 268 Å². The largest absolute Gasteiger partial charge is 0.310 e. The molecule has 0 fully saturated rings. The Morgan fingerprint density at radius 2 is 0.944 bits per heavy atom. The normalized spacial score (nSPS) is 15.1. The Bertz CT molecular complexity index is 4100. The summed E-state index contributed by atoms with van der Waals surface area (Å²) < 4.78 is 2.63. The smallest absolute Gasteiger partial charge is 0.0540 e. The van der Waals surface area contributed by atoms with E-state index in [1.54, 1.807) is 0 Å². The number of fused-ring (bicyclic) bond motifs is 11. The lowest BCUT2D eigenvalue weighted by molar-refractivity contribution is 0.662. The predicted octanol–water partition coefficient (Wildman–Crippen LogP) is 19.3. The van der Waals surface area contributed by atoms with Gasteiger partial charge in [-0.1, -0.05) is 220 Å². The predicted molar refractivity (Wildman–Crippen MR) is 303 cm³/mol. The van der Waals surface area contributed by atoms with Gasteiger partial charge in [0.2, 0.25) is 0 Å². The van der Waals surface area contributed by atoms with Crippen molar-refractivity contribution < 1.29 is 0 Å². The van der Waals surface area contributed by atoms with Gasteiger partial charge in [0.05, 0.1) is 5.69 Å². The van der Waals surface area contributed by atoms with Crippen LogP contribution in [0.2, 0.25) is 0 Å². The van der Waals surface area contributed by atoms with Crippen LogP contribution >= 0.6 is 11.3 Å². The molecule has 0 bridgehead atoms. The Morgan fingerprint density at radius 3 is 1.75 bits per heavy atom. The molecule has 0 amide bonds. The number of nitrogens with zero attached hydrogens (tertiary/aromatic N) is 1. The van der Waals surface area contributed by atoms with Crippen LogP contribution in [0.15, 0.2) is 243 Å². The maximum absolute atomic E-state index is 2.51. The van der Waals surface area contributed by atoms with Crippen molar-refractivity contribution in [3.63, 3.8) is 0 Å². The van der Waals surface area contributed by atoms with Crippen molar-refractivity contribution in [1.82, 2.24) is 0 Å². The number of benzene rings is 11. The summed E-state index contributed by atoms with van der Waals surface area (Å²) in [7, 11) is 0. The standard InChI is InChI=1S/C69H49NS/c1-68(2)60-31-14-11-26-53(60)58-30-17-29-57(66(58)68)51-24-10-9-22-49(51)45-35-38-47(39-36-45)70(48-40-42-54-52-25-12-15-32-61(52)69(3,62(54)43-48)46-20-5-4-6-21-46)63-33-16-13-27-55(63)56-28-18-34-64-65(56)59-41-37-44-19-7-8-23-50(44)67(59)71-64/h4-43H,1-3H3. The third kappa shape index (κ3) is 6.18. The highest BCUT2D eigenvalue weighted by Gasteiger charge is 2.41. The number of thiophene rings is 1. The molecule has 12 aromatic rings. The van der Waals surface area contributed by atoms with Gasteiger partial charge in [-0.25, -0.2) is 0 Å². The molecule has 1 heterocycles. The molecule has 2 aliphatic carbocycles. The van der Waals surface area contributed by atoms with Gasteiger partial charge in [0, 0.05) is 47.9 Å². The third-order valence-electron chi connectivity index (χ3n) is 16.0. The third-order valence-corrected chi connectivity index (χ3v) is 17.2. The highest BCUT2D eigenvalue weighted by Crippen LogP contribution is 2.56. The molecule has 0 saturated heterocycles. The maximum Gasteiger partial charge on any atom is 0.0540 e. The van der Waals surface area contributed by atoms with Crippen molar-refractivity contribution in [1.29, 1.82) is 0 Å². The zero-order valence-electron chi connectivity index (χ0n) is 39.9. The number of anilines is 3. The minimum Gasteiger partial charge on any atom is -0.310 e. The monoisotopic (exact) mass is 923 g/mol. The first-order chi connectivity index (χ1) is 34.9. The topological polar surface area (TPSA) is 3.24 Å². The molecule has 1 nitrogen and oxygen atoms in total. The second kappa shape index (κ2) is 15.9. The average Bonchev–Trinajstić information content (AvgIpc) is 4.03. The Morgan fingerprint density at radius 1 is 0.366 bits per heavy atom. The minimum absolute atomic E-state index is 0.130. The molecule has 1 unspecified atom stereocenters. The van der Waals surface area contributed by atoms with Crippen LogP contribution in [0.25, 0.3) is 86.6 Å². The molecule has 14 rings (SSSR count). The summed E-state index contributed by atoms with van der Waals surface area (Å²) >= 11 is 1.90. The molecular formula is C69H49NS. The van der Waals surface area contributed by atoms with Crippen LogP contribution < -0.4 is 4.90 Å². The summed E-state index contributed by atoms with van der Waals surface area (Å²) in [6.45, 7) is 7.18. The van der Waals surface area contributed by atoms with Crippen molar-refractivity contribution in [2.75, 3.05) is 4.90 Å². The molecule has 2 heteroatoms. The van der Waals surface area contributed by atoms with Crippen LogP contribution in [0.4, 0.5) is 17.1 Å². The molecule has 336 valence electrons. The van der Waals surface area contributed by atoms with Crippen LogP contribution in [0.1, 0.15) is 48.6 Å². The summed E-state index contributed by atoms with van der Waals surface area (Å²) in [4.78, 5) is 2.51. The van der Waals surface area contributed by atoms with Crippen molar-refractivity contribution in [3.05, 3.63) is 270 Å². The van der Waals surface area contributed by atoms with Gasteiger partial charge in [-0.2, -0.15) is 0 Å². The number of rotatable bonds is 7. The van der Waals surface area contributed by atoms with Crippen LogP contribution in [0, 0.1) is 0 Å². The summed E-state index contributed by atoms with van der Waals surface area (Å²) in [6.07, 6.45) is 0. The Balaban J connectivity index is 0.962. The van der Waals surface area contributed by atoms with Gasteiger partial charge in [-0.15, -0.1) is 11.3 Å². The molecule has 71 heavy (non-hydrogen) atoms. The lowest BCUT2D eigenvalue weighted by Crippen LogP contribution is -2.22. The Kier molecular flexibility index (Phi) is 9.31. The molecule has 0 radical (unpaired) electrons. The van der Waals surface area contributed by atoms with E-state index in [1.165, 1.54) is 114 Å². The Labute approximate surface area is 419 Å². The van der Waals surface area contributed by atoms with E-state index in [0.29, 0.717) is 0 Å². The summed E-state index contributed by atoms with van der Waals surface area (Å²) in [5.41, 5.74) is 22.3. The number of hydrogen-bond donors (Lipinski definition) is 0. The maximum atomic E-state index is 2.51. The van der Waals surface area contributed by atoms with E-state index in [1.807, 2.05) is 11.3 Å². The van der Waals surface area contributed by atoms with E-state index in [4.69, 9.17) is 0 Å². The van der Waals surface area contributed by atoms with E-state index < -0.39 is 0 Å². The minimum atomic E-state index is -0.348. The van der Waals surface area contributed by atoms with Gasteiger partial charge >= 0.3 is 0 Å². The first-order valence-corrected chi connectivity index (χ1v) is 25.7. The van der Waals surface area contributed by atoms with Gasteiger partial charge in [0.15, 0.2) is 0 Å². The SMILES string of the molecule is CC1(C)c2ccccc2-c2cccc(-c3ccccc3-c3ccc(N(c4ccc5c(c4)C(C)(c4ccccc4)c4ccccc4-5)c4ccccc4-c4cccc5sc6c7ccccc7ccc6c45)cc3)c21. The zero-order chi connectivity index (χ0) is 47.4. The second-order valence-electron chi connectivity index (χ2n) is 20.1. The fraction of sp³-hybridized carbons (Fsp3) is 0.0725. The second-order valence-corrected chi connectivity index (χ2v) is 21.1. The van der Waals surface area contributed by atoms with E-state index in [9.17, 15) is 0 Å². The van der Waals surface area contributed by atoms with E-state index in [0.717, 1.165) is 17.1 Å². The first kappa shape index (κ1) is 41.7. The lowest BCUT2D eigenvalue weighted by Gasteiger charge is -2.32. The van der Waals surface area contributed by atoms with Crippen molar-refractivity contribution >= 4 is 59.3 Å². The number of para-hydroxylation sites is 1. The van der Waals surface area contributed by atoms with Gasteiger partial charge < -0.3 is 4.90 Å². The van der Waals surface area contributed by atoms with Crippen molar-refractivity contribution in [2.24, 2.45) is 0 Å². The highest BCUT2D eigenvalue weighted by molar-refractivity contribution is 7.26.